The molecule has 0 aromatic heterocycles. The van der Waals surface area contributed by atoms with Crippen LogP contribution in [0.4, 0.5) is 0 Å². The fourth-order valence-corrected chi connectivity index (χ4v) is 4.84. The van der Waals surface area contributed by atoms with Crippen LogP contribution in [0.3, 0.4) is 0 Å². The van der Waals surface area contributed by atoms with Gasteiger partial charge in [0.05, 0.1) is 18.1 Å². The van der Waals surface area contributed by atoms with E-state index < -0.39 is 9.84 Å². The van der Waals surface area contributed by atoms with Crippen molar-refractivity contribution in [2.75, 3.05) is 38.3 Å². The Balaban J connectivity index is 2.95. The Kier molecular flexibility index (Phi) is 6.91. The number of rotatable bonds is 8. The maximum Gasteiger partial charge on any atom is 0.150 e. The minimum absolute atomic E-state index is 0.180. The third-order valence-corrected chi connectivity index (χ3v) is 6.32. The SMILES string of the molecule is CCC(CC)N(CCOC)C1(CN)CCS(=O)(=O)CC1. The van der Waals surface area contributed by atoms with Crippen molar-refractivity contribution in [1.82, 2.24) is 4.90 Å². The molecule has 1 rings (SSSR count). The lowest BCUT2D eigenvalue weighted by Crippen LogP contribution is -2.61. The van der Waals surface area contributed by atoms with Gasteiger partial charge in [0.25, 0.3) is 0 Å². The average Bonchev–Trinajstić information content (AvgIpc) is 2.45. The van der Waals surface area contributed by atoms with Crippen LogP contribution in [0.15, 0.2) is 0 Å². The Labute approximate surface area is 123 Å². The molecule has 1 aliphatic heterocycles. The maximum absolute atomic E-state index is 11.7. The van der Waals surface area contributed by atoms with Gasteiger partial charge in [-0.25, -0.2) is 8.42 Å². The Hall–Kier alpha value is -0.170. The number of methoxy groups -OCH3 is 1. The number of nitrogens with zero attached hydrogens (tertiary/aromatic N) is 1. The van der Waals surface area contributed by atoms with Crippen LogP contribution >= 0.6 is 0 Å². The highest BCUT2D eigenvalue weighted by Gasteiger charge is 2.42. The maximum atomic E-state index is 11.7. The zero-order valence-corrected chi connectivity index (χ0v) is 13.9. The molecule has 0 aromatic carbocycles. The van der Waals surface area contributed by atoms with Crippen molar-refractivity contribution in [3.05, 3.63) is 0 Å². The summed E-state index contributed by atoms with van der Waals surface area (Å²) >= 11 is 0. The fraction of sp³-hybridized carbons (Fsp3) is 1.00. The molecule has 0 radical (unpaired) electrons. The molecule has 1 fully saturated rings. The van der Waals surface area contributed by atoms with E-state index in [1.807, 2.05) is 0 Å². The highest BCUT2D eigenvalue weighted by Crippen LogP contribution is 2.32. The van der Waals surface area contributed by atoms with Crippen molar-refractivity contribution in [3.8, 4) is 0 Å². The van der Waals surface area contributed by atoms with E-state index in [9.17, 15) is 8.42 Å². The number of nitrogens with two attached hydrogens (primary N) is 1. The molecule has 1 aliphatic rings. The molecule has 0 bridgehead atoms. The van der Waals surface area contributed by atoms with Crippen LogP contribution in [0.1, 0.15) is 39.5 Å². The van der Waals surface area contributed by atoms with Gasteiger partial charge in [-0.15, -0.1) is 0 Å². The highest BCUT2D eigenvalue weighted by atomic mass is 32.2. The van der Waals surface area contributed by atoms with Gasteiger partial charge in [-0.05, 0) is 25.7 Å². The Morgan fingerprint density at radius 3 is 2.20 bits per heavy atom. The summed E-state index contributed by atoms with van der Waals surface area (Å²) in [6.45, 7) is 6.35. The first-order chi connectivity index (χ1) is 9.44. The van der Waals surface area contributed by atoms with E-state index in [0.29, 0.717) is 32.0 Å². The summed E-state index contributed by atoms with van der Waals surface area (Å²) in [6.07, 6.45) is 3.39. The van der Waals surface area contributed by atoms with Gasteiger partial charge in [-0.1, -0.05) is 13.8 Å². The van der Waals surface area contributed by atoms with Crippen LogP contribution in [0.2, 0.25) is 0 Å². The Morgan fingerprint density at radius 2 is 1.80 bits per heavy atom. The van der Waals surface area contributed by atoms with Gasteiger partial charge < -0.3 is 10.5 Å². The summed E-state index contributed by atoms with van der Waals surface area (Å²) in [4.78, 5) is 2.42. The van der Waals surface area contributed by atoms with Crippen LogP contribution in [-0.2, 0) is 14.6 Å². The van der Waals surface area contributed by atoms with E-state index in [1.165, 1.54) is 0 Å². The molecule has 1 saturated heterocycles. The predicted octanol–water partition coefficient (Wildman–Crippen LogP) is 1.03. The molecule has 2 N–H and O–H groups in total. The van der Waals surface area contributed by atoms with Crippen LogP contribution in [0.25, 0.3) is 0 Å². The topological polar surface area (TPSA) is 72.6 Å². The van der Waals surface area contributed by atoms with E-state index in [2.05, 4.69) is 18.7 Å². The molecule has 1 heterocycles. The van der Waals surface area contributed by atoms with Gasteiger partial charge in [0, 0.05) is 31.8 Å². The van der Waals surface area contributed by atoms with Gasteiger partial charge in [0.1, 0.15) is 9.84 Å². The van der Waals surface area contributed by atoms with Gasteiger partial charge in [-0.2, -0.15) is 0 Å². The molecule has 0 spiro atoms. The zero-order chi connectivity index (χ0) is 15.2. The number of hydrogen-bond acceptors (Lipinski definition) is 5. The largest absolute Gasteiger partial charge is 0.383 e. The van der Waals surface area contributed by atoms with Gasteiger partial charge >= 0.3 is 0 Å². The molecular formula is C14H30N2O3S. The van der Waals surface area contributed by atoms with E-state index in [1.54, 1.807) is 7.11 Å². The molecular weight excluding hydrogens is 276 g/mol. The molecule has 0 aromatic rings. The van der Waals surface area contributed by atoms with Crippen LogP contribution < -0.4 is 5.73 Å². The quantitative estimate of drug-likeness (QED) is 0.725. The lowest BCUT2D eigenvalue weighted by Gasteiger charge is -2.49. The number of hydrogen-bond donors (Lipinski definition) is 1. The molecule has 0 amide bonds. The molecule has 0 unspecified atom stereocenters. The van der Waals surface area contributed by atoms with Crippen molar-refractivity contribution >= 4 is 9.84 Å². The van der Waals surface area contributed by atoms with Crippen molar-refractivity contribution in [3.63, 3.8) is 0 Å². The molecule has 6 heteroatoms. The second-order valence-electron chi connectivity index (χ2n) is 5.74. The molecule has 0 atom stereocenters. The van der Waals surface area contributed by atoms with E-state index in [0.717, 1.165) is 19.4 Å². The monoisotopic (exact) mass is 306 g/mol. The van der Waals surface area contributed by atoms with Crippen molar-refractivity contribution in [1.29, 1.82) is 0 Å². The van der Waals surface area contributed by atoms with Crippen molar-refractivity contribution < 1.29 is 13.2 Å². The first kappa shape index (κ1) is 17.9. The molecule has 120 valence electrons. The van der Waals surface area contributed by atoms with E-state index >= 15 is 0 Å². The van der Waals surface area contributed by atoms with E-state index in [4.69, 9.17) is 10.5 Å². The Bertz CT molecular complexity index is 366. The third-order valence-electron chi connectivity index (χ3n) is 4.67. The summed E-state index contributed by atoms with van der Waals surface area (Å²) in [5, 5.41) is 0. The summed E-state index contributed by atoms with van der Waals surface area (Å²) in [5.74, 6) is 0.516. The molecule has 0 saturated carbocycles. The lowest BCUT2D eigenvalue weighted by atomic mass is 9.87. The minimum atomic E-state index is -2.87. The smallest absolute Gasteiger partial charge is 0.150 e. The van der Waals surface area contributed by atoms with E-state index in [-0.39, 0.29) is 17.0 Å². The predicted molar refractivity (Wildman–Crippen MR) is 82.6 cm³/mol. The van der Waals surface area contributed by atoms with Crippen LogP contribution in [-0.4, -0.2) is 63.2 Å². The van der Waals surface area contributed by atoms with Gasteiger partial charge in [-0.3, -0.25) is 4.90 Å². The summed E-state index contributed by atoms with van der Waals surface area (Å²) < 4.78 is 28.7. The van der Waals surface area contributed by atoms with Crippen LogP contribution in [0, 0.1) is 0 Å². The first-order valence-electron chi connectivity index (χ1n) is 7.61. The standard InChI is InChI=1S/C14H30N2O3S/c1-4-13(5-2)16(8-9-19-3)14(12-15)6-10-20(17,18)11-7-14/h13H,4-12,15H2,1-3H3. The molecule has 20 heavy (non-hydrogen) atoms. The van der Waals surface area contributed by atoms with Gasteiger partial charge in [0.15, 0.2) is 0 Å². The van der Waals surface area contributed by atoms with Crippen molar-refractivity contribution in [2.45, 2.75) is 51.1 Å². The lowest BCUT2D eigenvalue weighted by molar-refractivity contribution is 0.0130. The fourth-order valence-electron chi connectivity index (χ4n) is 3.25. The highest BCUT2D eigenvalue weighted by molar-refractivity contribution is 7.91. The minimum Gasteiger partial charge on any atom is -0.383 e. The summed E-state index contributed by atoms with van der Waals surface area (Å²) in [7, 11) is -1.17. The normalized spacial score (nSPS) is 21.5. The molecule has 5 nitrogen and oxygen atoms in total. The second-order valence-corrected chi connectivity index (χ2v) is 8.04. The van der Waals surface area contributed by atoms with Crippen LogP contribution in [0.5, 0.6) is 0 Å². The Morgan fingerprint density at radius 1 is 1.25 bits per heavy atom. The van der Waals surface area contributed by atoms with Gasteiger partial charge in [0.2, 0.25) is 0 Å². The number of ether oxygens (including phenoxy) is 1. The average molecular weight is 306 g/mol. The summed E-state index contributed by atoms with van der Waals surface area (Å²) in [6, 6.07) is 0.439. The number of sulfone groups is 1. The first-order valence-corrected chi connectivity index (χ1v) is 9.43. The summed E-state index contributed by atoms with van der Waals surface area (Å²) in [5.41, 5.74) is 5.89. The zero-order valence-electron chi connectivity index (χ0n) is 13.1. The third kappa shape index (κ3) is 4.16. The molecule has 0 aliphatic carbocycles. The second kappa shape index (κ2) is 7.73. The van der Waals surface area contributed by atoms with Crippen molar-refractivity contribution in [2.24, 2.45) is 5.73 Å².